The number of esters is 2. The Balaban J connectivity index is 1.36. The maximum absolute atomic E-state index is 14.5. The lowest BCUT2D eigenvalue weighted by atomic mass is 9.97. The molecule has 3 heterocycles. The summed E-state index contributed by atoms with van der Waals surface area (Å²) in [5.74, 6) is -9.63. The molecule has 25 heteroatoms. The fraction of sp³-hybridized carbons (Fsp3) is 0.426. The average molecular weight is 1190 g/mol. The molecule has 3 aliphatic heterocycles. The molecular formula is C61H75N9O16. The molecule has 9 amide bonds. The van der Waals surface area contributed by atoms with Gasteiger partial charge in [-0.1, -0.05) is 105 Å². The van der Waals surface area contributed by atoms with E-state index in [-0.39, 0.29) is 56.9 Å². The summed E-state index contributed by atoms with van der Waals surface area (Å²) in [6.45, 7) is 5.68. The van der Waals surface area contributed by atoms with Crippen LogP contribution in [-0.4, -0.2) is 141 Å². The van der Waals surface area contributed by atoms with Gasteiger partial charge >= 0.3 is 18.0 Å². The van der Waals surface area contributed by atoms with Crippen molar-refractivity contribution in [2.75, 3.05) is 6.54 Å². The molecule has 25 nitrogen and oxygen atoms in total. The number of alkyl carbamates (subject to hydrolysis) is 1. The maximum atomic E-state index is 14.5. The number of amides is 9. The number of carbonyl (C=O) groups excluding carboxylic acids is 11. The van der Waals surface area contributed by atoms with Gasteiger partial charge in [-0.05, 0) is 92.0 Å². The first-order valence-electron chi connectivity index (χ1n) is 28.4. The summed E-state index contributed by atoms with van der Waals surface area (Å²) in [6, 6.07) is 17.0. The zero-order valence-electron chi connectivity index (χ0n) is 48.3. The Kier molecular flexibility index (Phi) is 24.5. The zero-order chi connectivity index (χ0) is 62.5. The van der Waals surface area contributed by atoms with Crippen molar-refractivity contribution in [2.24, 2.45) is 11.7 Å². The molecule has 0 spiro atoms. The van der Waals surface area contributed by atoms with Crippen molar-refractivity contribution in [1.82, 2.24) is 42.1 Å². The third-order valence-electron chi connectivity index (χ3n) is 14.6. The molecule has 86 heavy (non-hydrogen) atoms. The fourth-order valence-corrected chi connectivity index (χ4v) is 9.51. The number of aromatic hydroxyl groups is 1. The van der Waals surface area contributed by atoms with Gasteiger partial charge in [0.1, 0.15) is 73.0 Å². The summed E-state index contributed by atoms with van der Waals surface area (Å²) in [6.07, 6.45) is -4.05. The van der Waals surface area contributed by atoms with Gasteiger partial charge in [0.05, 0.1) is 6.10 Å². The van der Waals surface area contributed by atoms with Gasteiger partial charge in [-0.2, -0.15) is 0 Å². The van der Waals surface area contributed by atoms with E-state index in [0.717, 1.165) is 0 Å². The second-order valence-corrected chi connectivity index (χ2v) is 21.3. The summed E-state index contributed by atoms with van der Waals surface area (Å²) in [5.41, 5.74) is 7.63. The lowest BCUT2D eigenvalue weighted by Crippen LogP contribution is -2.61. The first kappa shape index (κ1) is 65.8. The molecular weight excluding hydrogens is 1110 g/mol. The van der Waals surface area contributed by atoms with Crippen LogP contribution in [0.2, 0.25) is 0 Å². The third-order valence-corrected chi connectivity index (χ3v) is 14.6. The molecule has 0 radical (unpaired) electrons. The van der Waals surface area contributed by atoms with Gasteiger partial charge in [0, 0.05) is 32.2 Å². The Morgan fingerprint density at radius 3 is 1.83 bits per heavy atom. The predicted octanol–water partition coefficient (Wildman–Crippen LogP) is 1.53. The Morgan fingerprint density at radius 2 is 1.22 bits per heavy atom. The highest BCUT2D eigenvalue weighted by Gasteiger charge is 2.40. The Hall–Kier alpha value is -9.39. The van der Waals surface area contributed by atoms with E-state index in [0.29, 0.717) is 35.1 Å². The number of phenols is 1. The van der Waals surface area contributed by atoms with Crippen molar-refractivity contribution in [3.63, 3.8) is 0 Å². The van der Waals surface area contributed by atoms with Crippen LogP contribution in [0.1, 0.15) is 94.9 Å². The van der Waals surface area contributed by atoms with Crippen LogP contribution in [0.3, 0.4) is 0 Å². The quantitative estimate of drug-likeness (QED) is 0.0432. The molecule has 0 aromatic heterocycles. The highest BCUT2D eigenvalue weighted by Crippen LogP contribution is 2.22. The van der Waals surface area contributed by atoms with Crippen LogP contribution in [0.15, 0.2) is 109 Å². The second kappa shape index (κ2) is 32.0. The van der Waals surface area contributed by atoms with E-state index in [4.69, 9.17) is 19.9 Å². The number of rotatable bonds is 16. The third kappa shape index (κ3) is 19.9. The van der Waals surface area contributed by atoms with Crippen molar-refractivity contribution in [2.45, 2.75) is 153 Å². The second-order valence-electron chi connectivity index (χ2n) is 21.3. The van der Waals surface area contributed by atoms with E-state index in [1.165, 1.54) is 67.3 Å². The number of ether oxygens (including phenoxy) is 3. The van der Waals surface area contributed by atoms with Crippen molar-refractivity contribution >= 4 is 65.3 Å². The number of aliphatic hydroxyl groups is 1. The van der Waals surface area contributed by atoms with Crippen LogP contribution < -0.4 is 47.7 Å². The van der Waals surface area contributed by atoms with E-state index in [1.807, 2.05) is 0 Å². The average Bonchev–Trinajstić information content (AvgIpc) is 2.72. The molecule has 7 rings (SSSR count). The zero-order valence-corrected chi connectivity index (χ0v) is 48.3. The van der Waals surface area contributed by atoms with Gasteiger partial charge in [0.15, 0.2) is 0 Å². The summed E-state index contributed by atoms with van der Waals surface area (Å²) in [5, 5.41) is 39.1. The lowest BCUT2D eigenvalue weighted by molar-refractivity contribution is -0.146. The molecule has 2 bridgehead atoms. The molecule has 0 aliphatic carbocycles. The smallest absolute Gasteiger partial charge is 0.408 e. The number of primary amides is 1. The normalized spacial score (nSPS) is 22.9. The van der Waals surface area contributed by atoms with E-state index in [1.54, 1.807) is 74.5 Å². The lowest BCUT2D eigenvalue weighted by Gasteiger charge is -2.30. The minimum Gasteiger partial charge on any atom is -0.508 e. The van der Waals surface area contributed by atoms with Crippen LogP contribution >= 0.6 is 0 Å². The molecule has 4 aromatic carbocycles. The molecule has 3 aliphatic rings. The molecule has 11 N–H and O–H groups in total. The molecule has 1 fully saturated rings. The first-order valence-corrected chi connectivity index (χ1v) is 28.4. The van der Waals surface area contributed by atoms with Crippen molar-refractivity contribution < 1.29 is 77.2 Å². The Bertz CT molecular complexity index is 3020. The summed E-state index contributed by atoms with van der Waals surface area (Å²) < 4.78 is 16.6. The minimum absolute atomic E-state index is 0.00529. The number of carbonyl (C=O) groups is 11. The highest BCUT2D eigenvalue weighted by molar-refractivity contribution is 5.98. The largest absolute Gasteiger partial charge is 0.508 e. The molecule has 460 valence electrons. The van der Waals surface area contributed by atoms with Crippen LogP contribution in [0, 0.1) is 5.92 Å². The van der Waals surface area contributed by atoms with Crippen LogP contribution in [0.5, 0.6) is 11.5 Å². The van der Waals surface area contributed by atoms with Crippen LogP contribution in [-0.2, 0) is 83.5 Å². The number of nitrogens with one attached hydrogen (secondary N) is 7. The van der Waals surface area contributed by atoms with Gasteiger partial charge in [-0.25, -0.2) is 9.59 Å². The van der Waals surface area contributed by atoms with Gasteiger partial charge in [0.2, 0.25) is 47.3 Å². The predicted molar refractivity (Wildman–Crippen MR) is 308 cm³/mol. The minimum atomic E-state index is -1.82. The monoisotopic (exact) mass is 1190 g/mol. The number of nitrogens with two attached hydrogens (primary N) is 1. The van der Waals surface area contributed by atoms with E-state index in [9.17, 15) is 63.0 Å². The Morgan fingerprint density at radius 1 is 0.663 bits per heavy atom. The fourth-order valence-electron chi connectivity index (χ4n) is 9.51. The van der Waals surface area contributed by atoms with Crippen LogP contribution in [0.4, 0.5) is 4.79 Å². The Labute approximate surface area is 497 Å². The van der Waals surface area contributed by atoms with Gasteiger partial charge < -0.3 is 72.3 Å². The number of hydrogen-bond donors (Lipinski definition) is 10. The van der Waals surface area contributed by atoms with Gasteiger partial charge in [0.25, 0.3) is 0 Å². The van der Waals surface area contributed by atoms with Gasteiger partial charge in [-0.3, -0.25) is 43.2 Å². The maximum Gasteiger partial charge on any atom is 0.408 e. The molecule has 4 aromatic rings. The van der Waals surface area contributed by atoms with Gasteiger partial charge in [-0.15, -0.1) is 0 Å². The molecule has 0 saturated carbocycles. The van der Waals surface area contributed by atoms with Crippen molar-refractivity contribution in [3.05, 3.63) is 131 Å². The van der Waals surface area contributed by atoms with Crippen molar-refractivity contribution in [3.8, 4) is 11.5 Å². The SMILES string of the molecule is CC[C@H](C)[C@@H]1NC(=O)[C@H](Cc2ccc(O)cc2)NC(=O)[C@H](CCC(N)=O)NC(=O)[C@@H]2CCCN2C(=O)[C@@H](C)NC(=O)[C@H](CCC(=O)OCc2ccccc2)NC(=O)[C@@H]([C@@H](C)O)NC(=O)[C@H](NC(=O)OCc2ccccc2)Cc2ccc(cc2)OC1=O. The topological polar surface area (TPSA) is 369 Å². The molecule has 10 atom stereocenters. The standard InChI is InChI=1S/C61H75N9O16/c1-5-35(2)51-60(82)86-43-24-20-39(21-25-43)32-47(67-61(83)85-34-41-15-10-7-11-16-41)56(78)69-52(37(4)71)58(80)65-45(27-29-50(74)84-33-40-13-8-6-9-14-40)53(75)63-36(3)59(81)70-30-12-17-48(70)57(79)64-44(26-28-49(62)73)54(76)66-46(55(77)68-51)31-38-18-22-42(72)23-19-38/h6-11,13-16,18-25,35-37,44-48,51-52,71-72H,5,12,17,26-34H2,1-4H3,(H2,62,73)(H,63,75)(H,64,79)(H,65,80)(H,66,76)(H,67,83)(H,68,77)(H,69,78)/t35-,36+,37+,44-,45-,46-,47+,48-,51-,52+/m0/s1. The van der Waals surface area contributed by atoms with E-state index < -0.39 is 145 Å². The summed E-state index contributed by atoms with van der Waals surface area (Å²) in [4.78, 5) is 154. The van der Waals surface area contributed by atoms with Crippen molar-refractivity contribution in [1.29, 1.82) is 0 Å². The number of benzene rings is 4. The van der Waals surface area contributed by atoms with E-state index >= 15 is 0 Å². The summed E-state index contributed by atoms with van der Waals surface area (Å²) >= 11 is 0. The van der Waals surface area contributed by atoms with E-state index in [2.05, 4.69) is 37.2 Å². The highest BCUT2D eigenvalue weighted by atomic mass is 16.6. The number of hydrogen-bond acceptors (Lipinski definition) is 16. The number of phenolic OH excluding ortho intramolecular Hbond substituents is 1. The summed E-state index contributed by atoms with van der Waals surface area (Å²) in [7, 11) is 0. The first-order chi connectivity index (χ1) is 41.1. The van der Waals surface area contributed by atoms with Crippen LogP contribution in [0.25, 0.3) is 0 Å². The number of aliphatic hydroxyl groups excluding tert-OH is 1. The number of nitrogens with zero attached hydrogens (tertiary/aromatic N) is 1. The molecule has 0 unspecified atom stereocenters. The molecule has 1 saturated heterocycles. The number of fused-ring (bicyclic) bond motifs is 23.